The monoisotopic (exact) mass is 334 g/mol. The summed E-state index contributed by atoms with van der Waals surface area (Å²) in [6, 6.07) is 7.32. The lowest BCUT2D eigenvalue weighted by molar-refractivity contribution is 0.179. The Morgan fingerprint density at radius 2 is 1.90 bits per heavy atom. The number of rotatable bonds is 4. The highest BCUT2D eigenvalue weighted by molar-refractivity contribution is 8.13. The van der Waals surface area contributed by atoms with Crippen LogP contribution in [0.2, 0.25) is 5.15 Å². The molecule has 108 valence electrons. The summed E-state index contributed by atoms with van der Waals surface area (Å²) >= 11 is 6.11. The number of nitrogens with zero attached hydrogens (tertiary/aromatic N) is 2. The number of halogens is 2. The third kappa shape index (κ3) is 2.98. The maximum absolute atomic E-state index is 11.6. The lowest BCUT2D eigenvalue weighted by Gasteiger charge is -2.03. The number of hydrogen-bond donors (Lipinski definition) is 0. The molecule has 2 aromatic rings. The number of ether oxygens (including phenoxy) is 1. The first-order chi connectivity index (χ1) is 9.34. The predicted octanol–water partition coefficient (Wildman–Crippen LogP) is 2.91. The Balaban J connectivity index is 2.64. The molecular formula is C12H12Cl2N2O3S. The lowest BCUT2D eigenvalue weighted by atomic mass is 10.2. The molecule has 1 heterocycles. The standard InChI is InChI=1S/C12H12Cl2N2O3S/c1-8-3-5-9(6-4-8)16-12(13)11(20(14,17)18)10(15-16)7-19-2/h3-6H,7H2,1-2H3. The fourth-order valence-electron chi connectivity index (χ4n) is 1.75. The fourth-order valence-corrected chi connectivity index (χ4v) is 3.58. The third-order valence-corrected chi connectivity index (χ3v) is 4.50. The normalized spacial score (nSPS) is 11.8. The Hall–Kier alpha value is -1.08. The largest absolute Gasteiger partial charge is 0.378 e. The van der Waals surface area contributed by atoms with Crippen molar-refractivity contribution in [2.45, 2.75) is 18.4 Å². The molecule has 20 heavy (non-hydrogen) atoms. The average molecular weight is 335 g/mol. The Morgan fingerprint density at radius 1 is 1.30 bits per heavy atom. The van der Waals surface area contributed by atoms with E-state index in [1.165, 1.54) is 11.8 Å². The minimum absolute atomic E-state index is 0.000134. The third-order valence-electron chi connectivity index (χ3n) is 2.66. The molecule has 2 rings (SSSR count). The summed E-state index contributed by atoms with van der Waals surface area (Å²) in [6.07, 6.45) is 0. The van der Waals surface area contributed by atoms with Gasteiger partial charge in [0.25, 0.3) is 9.05 Å². The van der Waals surface area contributed by atoms with E-state index in [9.17, 15) is 8.42 Å². The van der Waals surface area contributed by atoms with E-state index in [4.69, 9.17) is 27.0 Å². The molecule has 0 unspecified atom stereocenters. The van der Waals surface area contributed by atoms with Crippen molar-refractivity contribution in [2.75, 3.05) is 7.11 Å². The van der Waals surface area contributed by atoms with E-state index in [1.807, 2.05) is 19.1 Å². The van der Waals surface area contributed by atoms with Crippen molar-refractivity contribution < 1.29 is 13.2 Å². The van der Waals surface area contributed by atoms with E-state index in [1.54, 1.807) is 12.1 Å². The molecule has 8 heteroatoms. The molecule has 0 spiro atoms. The van der Waals surface area contributed by atoms with Crippen molar-refractivity contribution in [2.24, 2.45) is 0 Å². The van der Waals surface area contributed by atoms with E-state index in [0.717, 1.165) is 5.56 Å². The second-order valence-electron chi connectivity index (χ2n) is 4.18. The summed E-state index contributed by atoms with van der Waals surface area (Å²) in [7, 11) is 2.84. The van der Waals surface area contributed by atoms with Crippen LogP contribution in [0.25, 0.3) is 5.69 Å². The van der Waals surface area contributed by atoms with Crippen LogP contribution in [0.3, 0.4) is 0 Å². The smallest absolute Gasteiger partial charge is 0.266 e. The molecule has 0 aliphatic heterocycles. The predicted molar refractivity (Wildman–Crippen MR) is 77.1 cm³/mol. The van der Waals surface area contributed by atoms with Crippen LogP contribution in [0.15, 0.2) is 29.2 Å². The summed E-state index contributed by atoms with van der Waals surface area (Å²) < 4.78 is 29.5. The van der Waals surface area contributed by atoms with Gasteiger partial charge in [-0.15, -0.1) is 0 Å². The van der Waals surface area contributed by atoms with Crippen LogP contribution in [0.5, 0.6) is 0 Å². The van der Waals surface area contributed by atoms with Gasteiger partial charge < -0.3 is 4.74 Å². The molecule has 5 nitrogen and oxygen atoms in total. The van der Waals surface area contributed by atoms with E-state index in [2.05, 4.69) is 5.10 Å². The van der Waals surface area contributed by atoms with E-state index in [-0.39, 0.29) is 22.3 Å². The first-order valence-electron chi connectivity index (χ1n) is 5.62. The molecule has 1 aromatic heterocycles. The molecule has 0 saturated heterocycles. The zero-order valence-electron chi connectivity index (χ0n) is 10.8. The minimum atomic E-state index is -4.00. The highest BCUT2D eigenvalue weighted by atomic mass is 35.7. The highest BCUT2D eigenvalue weighted by Gasteiger charge is 2.26. The number of benzene rings is 1. The number of hydrogen-bond acceptors (Lipinski definition) is 4. The zero-order valence-corrected chi connectivity index (χ0v) is 13.1. The Morgan fingerprint density at radius 3 is 2.40 bits per heavy atom. The van der Waals surface area contributed by atoms with Gasteiger partial charge in [-0.2, -0.15) is 5.10 Å². The van der Waals surface area contributed by atoms with Gasteiger partial charge in [-0.05, 0) is 19.1 Å². The van der Waals surface area contributed by atoms with Crippen LogP contribution >= 0.6 is 22.3 Å². The zero-order chi connectivity index (χ0) is 14.9. The number of aromatic nitrogens is 2. The van der Waals surface area contributed by atoms with Gasteiger partial charge in [0, 0.05) is 17.8 Å². The molecule has 0 N–H and O–H groups in total. The van der Waals surface area contributed by atoms with Gasteiger partial charge >= 0.3 is 0 Å². The van der Waals surface area contributed by atoms with Gasteiger partial charge in [-0.25, -0.2) is 13.1 Å². The first-order valence-corrected chi connectivity index (χ1v) is 8.31. The van der Waals surface area contributed by atoms with Crippen molar-refractivity contribution >= 4 is 31.3 Å². The molecule has 0 aliphatic carbocycles. The summed E-state index contributed by atoms with van der Waals surface area (Å²) in [5.41, 5.74) is 1.89. The Bertz CT molecular complexity index is 724. The van der Waals surface area contributed by atoms with Gasteiger partial charge in [-0.1, -0.05) is 29.3 Å². The van der Waals surface area contributed by atoms with E-state index in [0.29, 0.717) is 5.69 Å². The summed E-state index contributed by atoms with van der Waals surface area (Å²) in [5, 5.41) is 4.10. The molecular weight excluding hydrogens is 323 g/mol. The fraction of sp³-hybridized carbons (Fsp3) is 0.250. The van der Waals surface area contributed by atoms with Crippen LogP contribution in [-0.4, -0.2) is 25.3 Å². The maximum Gasteiger partial charge on any atom is 0.266 e. The van der Waals surface area contributed by atoms with Crippen LogP contribution < -0.4 is 0 Å². The van der Waals surface area contributed by atoms with Crippen molar-refractivity contribution in [3.8, 4) is 5.69 Å². The quantitative estimate of drug-likeness (QED) is 0.806. The van der Waals surface area contributed by atoms with Crippen LogP contribution in [-0.2, 0) is 20.4 Å². The van der Waals surface area contributed by atoms with E-state index >= 15 is 0 Å². The first kappa shape index (κ1) is 15.3. The second kappa shape index (κ2) is 5.73. The Kier molecular flexibility index (Phi) is 4.39. The van der Waals surface area contributed by atoms with Gasteiger partial charge in [0.2, 0.25) is 0 Å². The molecule has 0 aliphatic rings. The summed E-state index contributed by atoms with van der Waals surface area (Å²) in [5.74, 6) is 0. The van der Waals surface area contributed by atoms with Gasteiger partial charge in [0.1, 0.15) is 10.6 Å². The highest BCUT2D eigenvalue weighted by Crippen LogP contribution is 2.31. The van der Waals surface area contributed by atoms with E-state index < -0.39 is 9.05 Å². The topological polar surface area (TPSA) is 61.2 Å². The van der Waals surface area contributed by atoms with Crippen molar-refractivity contribution in [1.82, 2.24) is 9.78 Å². The summed E-state index contributed by atoms with van der Waals surface area (Å²) in [6.45, 7) is 1.94. The molecule has 0 atom stereocenters. The molecule has 0 amide bonds. The van der Waals surface area contributed by atoms with Crippen LogP contribution in [0.1, 0.15) is 11.3 Å². The summed E-state index contributed by atoms with van der Waals surface area (Å²) in [4.78, 5) is -0.219. The SMILES string of the molecule is COCc1nn(-c2ccc(C)cc2)c(Cl)c1S(=O)(=O)Cl. The van der Waals surface area contributed by atoms with Gasteiger partial charge in [-0.3, -0.25) is 0 Å². The molecule has 1 aromatic carbocycles. The van der Waals surface area contributed by atoms with Crippen molar-refractivity contribution in [3.63, 3.8) is 0 Å². The van der Waals surface area contributed by atoms with Crippen molar-refractivity contribution in [3.05, 3.63) is 40.7 Å². The molecule has 0 radical (unpaired) electrons. The lowest BCUT2D eigenvalue weighted by Crippen LogP contribution is -1.98. The minimum Gasteiger partial charge on any atom is -0.378 e. The number of methoxy groups -OCH3 is 1. The van der Waals surface area contributed by atoms with Gasteiger partial charge in [0.05, 0.1) is 12.3 Å². The molecule has 0 saturated carbocycles. The molecule has 0 fully saturated rings. The average Bonchev–Trinajstić information content (AvgIpc) is 2.67. The second-order valence-corrected chi connectivity index (χ2v) is 7.05. The van der Waals surface area contributed by atoms with Crippen LogP contribution in [0, 0.1) is 6.92 Å². The maximum atomic E-state index is 11.6. The molecule has 0 bridgehead atoms. The van der Waals surface area contributed by atoms with Crippen LogP contribution in [0.4, 0.5) is 0 Å². The van der Waals surface area contributed by atoms with Gasteiger partial charge in [0.15, 0.2) is 5.15 Å². The Labute approximate surface area is 126 Å². The number of aryl methyl sites for hydroxylation is 1. The van der Waals surface area contributed by atoms with Crippen molar-refractivity contribution in [1.29, 1.82) is 0 Å².